The minimum Gasteiger partial charge on any atom is -0.369 e. The van der Waals surface area contributed by atoms with Crippen molar-refractivity contribution in [2.75, 3.05) is 28.6 Å². The summed E-state index contributed by atoms with van der Waals surface area (Å²) in [6, 6.07) is 17.8. The summed E-state index contributed by atoms with van der Waals surface area (Å²) in [6.07, 6.45) is 9.00. The van der Waals surface area contributed by atoms with Crippen LogP contribution in [0, 0.1) is 5.92 Å². The number of fused-ring (bicyclic) bond motifs is 4. The number of hydrogen-bond acceptors (Lipinski definition) is 4. The van der Waals surface area contributed by atoms with Gasteiger partial charge in [0.25, 0.3) is 11.5 Å². The first-order chi connectivity index (χ1) is 20.4. The fraction of sp³-hybridized carbons (Fsp3) is 0.424. The van der Waals surface area contributed by atoms with Gasteiger partial charge in [0.2, 0.25) is 0 Å². The number of piperidine rings is 1. The van der Waals surface area contributed by atoms with Crippen molar-refractivity contribution < 1.29 is 9.59 Å². The number of nitrogens with zero attached hydrogens (tertiary/aromatic N) is 2. The van der Waals surface area contributed by atoms with E-state index in [9.17, 15) is 14.4 Å². The number of rotatable bonds is 5. The molecule has 1 saturated heterocycles. The Balaban J connectivity index is 1.26. The lowest BCUT2D eigenvalue weighted by Crippen LogP contribution is -2.47. The number of anilines is 3. The largest absolute Gasteiger partial charge is 0.369 e. The van der Waals surface area contributed by atoms with E-state index in [1.807, 2.05) is 28.8 Å². The van der Waals surface area contributed by atoms with Gasteiger partial charge >= 0.3 is 6.03 Å². The number of benzene rings is 2. The van der Waals surface area contributed by atoms with E-state index in [1.54, 1.807) is 36.4 Å². The Morgan fingerprint density at radius 3 is 2.38 bits per heavy atom. The molecule has 3 N–H and O–H groups in total. The van der Waals surface area contributed by atoms with Crippen LogP contribution in [0.25, 0.3) is 0 Å². The number of halogens is 1. The van der Waals surface area contributed by atoms with E-state index in [-0.39, 0.29) is 23.4 Å². The molecule has 42 heavy (non-hydrogen) atoms. The Morgan fingerprint density at radius 1 is 0.833 bits per heavy atom. The fourth-order valence-electron chi connectivity index (χ4n) is 6.83. The normalized spacial score (nSPS) is 20.5. The molecule has 0 unspecified atom stereocenters. The van der Waals surface area contributed by atoms with Crippen LogP contribution in [0.3, 0.4) is 0 Å². The second-order valence-electron chi connectivity index (χ2n) is 11.9. The molecule has 2 aromatic carbocycles. The van der Waals surface area contributed by atoms with Crippen molar-refractivity contribution in [2.45, 2.75) is 69.9 Å². The molecule has 2 fully saturated rings. The topological polar surface area (TPSA) is 95.5 Å². The maximum absolute atomic E-state index is 13.4. The standard InChI is InChI=1S/C33H38ClN5O3/c34-25-12-14-27(15-13-25)36-33(42)37-28-18-23(32(41)35-26-7-4-2-1-3-5-8-26)11-16-30(28)38-19-22-17-24(21-38)29-9-6-10-31(40)39(29)20-22/h6,9-16,18,22,24,26H,1-5,7-8,17,19-21H2,(H,35,41)(H2,36,37,42)/t22-,24+/m1/s1. The Kier molecular flexibility index (Phi) is 8.51. The second kappa shape index (κ2) is 12.6. The van der Waals surface area contributed by atoms with Crippen molar-refractivity contribution in [3.63, 3.8) is 0 Å². The third-order valence-corrected chi connectivity index (χ3v) is 9.12. The maximum atomic E-state index is 13.4. The van der Waals surface area contributed by atoms with Gasteiger partial charge in [0.15, 0.2) is 0 Å². The molecule has 2 bridgehead atoms. The van der Waals surface area contributed by atoms with Gasteiger partial charge in [-0.3, -0.25) is 9.59 Å². The van der Waals surface area contributed by atoms with Gasteiger partial charge in [-0.2, -0.15) is 0 Å². The van der Waals surface area contributed by atoms with Gasteiger partial charge < -0.3 is 25.4 Å². The molecule has 3 aromatic rings. The summed E-state index contributed by atoms with van der Waals surface area (Å²) in [7, 11) is 0. The minimum absolute atomic E-state index is 0.0523. The van der Waals surface area contributed by atoms with Gasteiger partial charge in [0.1, 0.15) is 0 Å². The molecule has 1 aromatic heterocycles. The SMILES string of the molecule is O=C(Nc1ccc(Cl)cc1)Nc1cc(C(=O)NC2CCCCCCC2)ccc1N1C[C@H]2C[C@@H](C1)c1cccc(=O)n1C2. The Hall–Kier alpha value is -3.78. The summed E-state index contributed by atoms with van der Waals surface area (Å²) in [5.41, 5.74) is 3.70. The number of amides is 3. The lowest BCUT2D eigenvalue weighted by atomic mass is 9.83. The van der Waals surface area contributed by atoms with Crippen molar-refractivity contribution in [2.24, 2.45) is 5.92 Å². The van der Waals surface area contributed by atoms with Crippen LogP contribution in [0.5, 0.6) is 0 Å². The Morgan fingerprint density at radius 2 is 1.60 bits per heavy atom. The van der Waals surface area contributed by atoms with E-state index >= 15 is 0 Å². The summed E-state index contributed by atoms with van der Waals surface area (Å²) in [5, 5.41) is 9.73. The highest BCUT2D eigenvalue weighted by Crippen LogP contribution is 2.39. The smallest absolute Gasteiger partial charge is 0.323 e. The van der Waals surface area contributed by atoms with Gasteiger partial charge in [-0.15, -0.1) is 0 Å². The molecule has 8 nitrogen and oxygen atoms in total. The highest BCUT2D eigenvalue weighted by molar-refractivity contribution is 6.30. The van der Waals surface area contributed by atoms with Crippen molar-refractivity contribution in [1.82, 2.24) is 9.88 Å². The van der Waals surface area contributed by atoms with Gasteiger partial charge in [-0.25, -0.2) is 4.79 Å². The summed E-state index contributed by atoms with van der Waals surface area (Å²) in [4.78, 5) is 41.4. The molecule has 0 radical (unpaired) electrons. The predicted molar refractivity (Wildman–Crippen MR) is 168 cm³/mol. The van der Waals surface area contributed by atoms with Crippen LogP contribution in [0.2, 0.25) is 5.02 Å². The molecule has 6 rings (SSSR count). The maximum Gasteiger partial charge on any atom is 0.323 e. The highest BCUT2D eigenvalue weighted by Gasteiger charge is 2.35. The number of hydrogen-bond donors (Lipinski definition) is 3. The van der Waals surface area contributed by atoms with Crippen molar-refractivity contribution in [3.05, 3.63) is 87.3 Å². The lowest BCUT2D eigenvalue weighted by molar-refractivity contribution is 0.0930. The Labute approximate surface area is 251 Å². The molecule has 1 saturated carbocycles. The van der Waals surface area contributed by atoms with E-state index in [4.69, 9.17) is 11.6 Å². The number of aromatic nitrogens is 1. The molecule has 9 heteroatoms. The molecule has 3 heterocycles. The molecule has 220 valence electrons. The number of carbonyl (C=O) groups excluding carboxylic acids is 2. The average molecular weight is 588 g/mol. The van der Waals surface area contributed by atoms with Crippen LogP contribution in [0.4, 0.5) is 21.9 Å². The third kappa shape index (κ3) is 6.49. The predicted octanol–water partition coefficient (Wildman–Crippen LogP) is 6.61. The molecular weight excluding hydrogens is 550 g/mol. The zero-order valence-corrected chi connectivity index (χ0v) is 24.5. The monoisotopic (exact) mass is 587 g/mol. The first kappa shape index (κ1) is 28.3. The number of carbonyl (C=O) groups is 2. The molecule has 1 aliphatic carbocycles. The summed E-state index contributed by atoms with van der Waals surface area (Å²) < 4.78 is 1.91. The summed E-state index contributed by atoms with van der Waals surface area (Å²) in [6.45, 7) is 2.17. The van der Waals surface area contributed by atoms with Crippen LogP contribution >= 0.6 is 11.6 Å². The van der Waals surface area contributed by atoms with Crippen molar-refractivity contribution in [3.8, 4) is 0 Å². The molecule has 0 spiro atoms. The minimum atomic E-state index is -0.398. The average Bonchev–Trinajstić information content (AvgIpc) is 2.96. The second-order valence-corrected chi connectivity index (χ2v) is 12.4. The van der Waals surface area contributed by atoms with Gasteiger partial charge in [0, 0.05) is 59.6 Å². The summed E-state index contributed by atoms with van der Waals surface area (Å²) >= 11 is 6.01. The van der Waals surface area contributed by atoms with E-state index in [0.29, 0.717) is 34.4 Å². The number of urea groups is 1. The number of nitrogens with one attached hydrogen (secondary N) is 3. The lowest BCUT2D eigenvalue weighted by Gasteiger charge is -2.44. The van der Waals surface area contributed by atoms with Crippen LogP contribution < -0.4 is 26.4 Å². The van der Waals surface area contributed by atoms with Crippen LogP contribution in [0.15, 0.2) is 65.5 Å². The van der Waals surface area contributed by atoms with Crippen LogP contribution in [-0.2, 0) is 6.54 Å². The first-order valence-corrected chi connectivity index (χ1v) is 15.5. The zero-order valence-electron chi connectivity index (χ0n) is 23.8. The van der Waals surface area contributed by atoms with Gasteiger partial charge in [-0.1, -0.05) is 49.8 Å². The quantitative estimate of drug-likeness (QED) is 0.313. The van der Waals surface area contributed by atoms with Gasteiger partial charge in [-0.05, 0) is 73.7 Å². The van der Waals surface area contributed by atoms with E-state index in [1.165, 1.54) is 19.3 Å². The van der Waals surface area contributed by atoms with E-state index in [0.717, 1.165) is 56.6 Å². The molecule has 2 aliphatic heterocycles. The third-order valence-electron chi connectivity index (χ3n) is 8.87. The Bertz CT molecular complexity index is 1500. The molecule has 3 aliphatic rings. The first-order valence-electron chi connectivity index (χ1n) is 15.2. The summed E-state index contributed by atoms with van der Waals surface area (Å²) in [5.74, 6) is 0.413. The number of pyridine rings is 1. The molecule has 3 amide bonds. The van der Waals surface area contributed by atoms with Crippen molar-refractivity contribution in [1.29, 1.82) is 0 Å². The fourth-order valence-corrected chi connectivity index (χ4v) is 6.96. The van der Waals surface area contributed by atoms with Crippen molar-refractivity contribution >= 4 is 40.6 Å². The van der Waals surface area contributed by atoms with E-state index in [2.05, 4.69) is 20.9 Å². The van der Waals surface area contributed by atoms with E-state index < -0.39 is 6.03 Å². The van der Waals surface area contributed by atoms with Crippen LogP contribution in [0.1, 0.15) is 73.3 Å². The highest BCUT2D eigenvalue weighted by atomic mass is 35.5. The zero-order chi connectivity index (χ0) is 29.1. The van der Waals surface area contributed by atoms with Gasteiger partial charge in [0.05, 0.1) is 11.4 Å². The molecular formula is C33H38ClN5O3. The van der Waals surface area contributed by atoms with Crippen LogP contribution in [-0.4, -0.2) is 35.6 Å². The molecule has 2 atom stereocenters.